The van der Waals surface area contributed by atoms with Crippen molar-refractivity contribution in [2.24, 2.45) is 0 Å². The summed E-state index contributed by atoms with van der Waals surface area (Å²) in [7, 11) is 1.63. The first kappa shape index (κ1) is 17.8. The molecule has 0 fully saturated rings. The Bertz CT molecular complexity index is 863. The Morgan fingerprint density at radius 3 is 2.48 bits per heavy atom. The molecule has 1 unspecified atom stereocenters. The van der Waals surface area contributed by atoms with Crippen LogP contribution >= 0.6 is 23.2 Å². The Hall–Kier alpha value is -2.01. The highest BCUT2D eigenvalue weighted by Gasteiger charge is 2.15. The van der Waals surface area contributed by atoms with E-state index in [1.165, 1.54) is 0 Å². The van der Waals surface area contributed by atoms with Crippen LogP contribution in [-0.2, 0) is 6.54 Å². The van der Waals surface area contributed by atoms with E-state index in [9.17, 15) is 0 Å². The molecule has 6 heteroatoms. The highest BCUT2D eigenvalue weighted by Crippen LogP contribution is 2.24. The van der Waals surface area contributed by atoms with E-state index in [1.807, 2.05) is 54.6 Å². The molecule has 0 aliphatic rings. The van der Waals surface area contributed by atoms with Gasteiger partial charge in [-0.25, -0.2) is 4.68 Å². The third-order valence-electron chi connectivity index (χ3n) is 3.90. The number of hydrogen-bond acceptors (Lipinski definition) is 3. The number of hydrogen-bond donors (Lipinski definition) is 1. The van der Waals surface area contributed by atoms with Crippen molar-refractivity contribution in [1.29, 1.82) is 0 Å². The van der Waals surface area contributed by atoms with Crippen LogP contribution in [0.3, 0.4) is 0 Å². The van der Waals surface area contributed by atoms with Crippen molar-refractivity contribution in [1.82, 2.24) is 15.1 Å². The van der Waals surface area contributed by atoms with Crippen LogP contribution in [0.2, 0.25) is 10.0 Å². The molecule has 0 aliphatic carbocycles. The highest BCUT2D eigenvalue weighted by atomic mass is 35.5. The molecule has 3 aromatic rings. The van der Waals surface area contributed by atoms with Gasteiger partial charge in [-0.3, -0.25) is 0 Å². The molecule has 0 aliphatic heterocycles. The van der Waals surface area contributed by atoms with Gasteiger partial charge in [-0.2, -0.15) is 5.10 Å². The Morgan fingerprint density at radius 2 is 1.80 bits per heavy atom. The maximum atomic E-state index is 6.08. The van der Waals surface area contributed by atoms with E-state index in [0.29, 0.717) is 17.4 Å². The molecule has 25 heavy (non-hydrogen) atoms. The summed E-state index contributed by atoms with van der Waals surface area (Å²) in [5.41, 5.74) is 2.87. The maximum Gasteiger partial charge on any atom is 0.216 e. The third-order valence-corrected chi connectivity index (χ3v) is 4.37. The molecule has 2 aromatic carbocycles. The van der Waals surface area contributed by atoms with Crippen molar-refractivity contribution in [3.8, 4) is 11.6 Å². The van der Waals surface area contributed by atoms with Gasteiger partial charge in [-0.1, -0.05) is 41.4 Å². The van der Waals surface area contributed by atoms with Crippen LogP contribution < -0.4 is 10.1 Å². The number of halogens is 2. The van der Waals surface area contributed by atoms with Crippen molar-refractivity contribution in [2.45, 2.75) is 19.5 Å². The fourth-order valence-corrected chi connectivity index (χ4v) is 2.95. The minimum atomic E-state index is 0.0494. The van der Waals surface area contributed by atoms with Gasteiger partial charge in [0.2, 0.25) is 5.88 Å². The highest BCUT2D eigenvalue weighted by molar-refractivity contribution is 6.31. The summed E-state index contributed by atoms with van der Waals surface area (Å²) in [5, 5.41) is 9.51. The van der Waals surface area contributed by atoms with Crippen LogP contribution in [0.1, 0.15) is 24.2 Å². The molecule has 130 valence electrons. The summed E-state index contributed by atoms with van der Waals surface area (Å²) < 4.78 is 7.21. The molecule has 0 saturated heterocycles. The van der Waals surface area contributed by atoms with Gasteiger partial charge in [0.15, 0.2) is 0 Å². The molecule has 3 rings (SSSR count). The summed E-state index contributed by atoms with van der Waals surface area (Å²) in [6.45, 7) is 2.77. The first-order valence-electron chi connectivity index (χ1n) is 7.94. The van der Waals surface area contributed by atoms with Crippen molar-refractivity contribution < 1.29 is 4.74 Å². The van der Waals surface area contributed by atoms with Gasteiger partial charge in [-0.05, 0) is 42.8 Å². The predicted octanol–water partition coefficient (Wildman–Crippen LogP) is 5.04. The lowest BCUT2D eigenvalue weighted by Gasteiger charge is -2.11. The molecule has 0 radical (unpaired) electrons. The summed E-state index contributed by atoms with van der Waals surface area (Å²) in [4.78, 5) is 0. The van der Waals surface area contributed by atoms with Gasteiger partial charge in [0.1, 0.15) is 0 Å². The monoisotopic (exact) mass is 375 g/mol. The summed E-state index contributed by atoms with van der Waals surface area (Å²) in [5.74, 6) is 0.661. The lowest BCUT2D eigenvalue weighted by molar-refractivity contribution is 0.383. The molecule has 1 atom stereocenters. The molecular formula is C19H19Cl2N3O. The van der Waals surface area contributed by atoms with Gasteiger partial charge in [-0.15, -0.1) is 0 Å². The number of nitrogens with zero attached hydrogens (tertiary/aromatic N) is 2. The number of methoxy groups -OCH3 is 1. The topological polar surface area (TPSA) is 39.1 Å². The normalized spacial score (nSPS) is 12.2. The molecule has 0 amide bonds. The van der Waals surface area contributed by atoms with E-state index in [2.05, 4.69) is 17.3 Å². The zero-order chi connectivity index (χ0) is 17.8. The average molecular weight is 376 g/mol. The average Bonchev–Trinajstić information content (AvgIpc) is 3.04. The van der Waals surface area contributed by atoms with Crippen LogP contribution in [-0.4, -0.2) is 16.9 Å². The van der Waals surface area contributed by atoms with E-state index >= 15 is 0 Å². The minimum Gasteiger partial charge on any atom is -0.481 e. The van der Waals surface area contributed by atoms with Crippen LogP contribution in [0, 0.1) is 0 Å². The number of benzene rings is 2. The fourth-order valence-electron chi connectivity index (χ4n) is 2.55. The molecule has 4 nitrogen and oxygen atoms in total. The summed E-state index contributed by atoms with van der Waals surface area (Å²) >= 11 is 12.1. The smallest absolute Gasteiger partial charge is 0.216 e. The van der Waals surface area contributed by atoms with E-state index in [1.54, 1.807) is 11.8 Å². The molecule has 1 heterocycles. The summed E-state index contributed by atoms with van der Waals surface area (Å²) in [6, 6.07) is 17.3. The summed E-state index contributed by atoms with van der Waals surface area (Å²) in [6.07, 6.45) is 0. The second-order valence-electron chi connectivity index (χ2n) is 5.74. The first-order valence-corrected chi connectivity index (χ1v) is 8.70. The standard InChI is InChI=1S/C19H19Cl2N3O/c1-13(22-12-14-5-3-6-15(20)9-14)18-11-19(25-2)24(23-18)17-8-4-7-16(21)10-17/h3-11,13,22H,12H2,1-2H3. The third kappa shape index (κ3) is 4.34. The number of ether oxygens (including phenoxy) is 1. The van der Waals surface area contributed by atoms with Crippen LogP contribution in [0.15, 0.2) is 54.6 Å². The number of nitrogens with one attached hydrogen (secondary N) is 1. The van der Waals surface area contributed by atoms with Crippen LogP contribution in [0.25, 0.3) is 5.69 Å². The second-order valence-corrected chi connectivity index (χ2v) is 6.61. The zero-order valence-corrected chi connectivity index (χ0v) is 15.6. The Morgan fingerprint density at radius 1 is 1.08 bits per heavy atom. The lowest BCUT2D eigenvalue weighted by Crippen LogP contribution is -2.18. The van der Waals surface area contributed by atoms with E-state index in [4.69, 9.17) is 27.9 Å². The zero-order valence-electron chi connectivity index (χ0n) is 14.0. The molecule has 0 spiro atoms. The number of rotatable bonds is 6. The van der Waals surface area contributed by atoms with E-state index < -0.39 is 0 Å². The van der Waals surface area contributed by atoms with Gasteiger partial charge in [0.05, 0.1) is 18.5 Å². The van der Waals surface area contributed by atoms with Crippen molar-refractivity contribution in [2.75, 3.05) is 7.11 Å². The molecular weight excluding hydrogens is 357 g/mol. The molecule has 0 saturated carbocycles. The minimum absolute atomic E-state index is 0.0494. The Balaban J connectivity index is 1.78. The van der Waals surface area contributed by atoms with E-state index in [-0.39, 0.29) is 6.04 Å². The van der Waals surface area contributed by atoms with Crippen molar-refractivity contribution >= 4 is 23.2 Å². The van der Waals surface area contributed by atoms with Gasteiger partial charge in [0, 0.05) is 28.7 Å². The van der Waals surface area contributed by atoms with Gasteiger partial charge < -0.3 is 10.1 Å². The van der Waals surface area contributed by atoms with Crippen LogP contribution in [0.4, 0.5) is 0 Å². The molecule has 1 N–H and O–H groups in total. The van der Waals surface area contributed by atoms with Crippen molar-refractivity contribution in [3.63, 3.8) is 0 Å². The van der Waals surface area contributed by atoms with Gasteiger partial charge in [0.25, 0.3) is 0 Å². The number of aromatic nitrogens is 2. The van der Waals surface area contributed by atoms with Crippen molar-refractivity contribution in [3.05, 3.63) is 75.9 Å². The second kappa shape index (κ2) is 7.91. The largest absolute Gasteiger partial charge is 0.481 e. The Labute approximate surface area is 157 Å². The van der Waals surface area contributed by atoms with E-state index in [0.717, 1.165) is 22.0 Å². The molecule has 1 aromatic heterocycles. The van der Waals surface area contributed by atoms with Crippen LogP contribution in [0.5, 0.6) is 5.88 Å². The lowest BCUT2D eigenvalue weighted by atomic mass is 10.2. The first-order chi connectivity index (χ1) is 12.1. The predicted molar refractivity (Wildman–Crippen MR) is 102 cm³/mol. The molecule has 0 bridgehead atoms. The quantitative estimate of drug-likeness (QED) is 0.655. The Kier molecular flexibility index (Phi) is 5.63. The maximum absolute atomic E-state index is 6.08. The fraction of sp³-hybridized carbons (Fsp3) is 0.211. The van der Waals surface area contributed by atoms with Gasteiger partial charge >= 0.3 is 0 Å². The SMILES string of the molecule is COc1cc(C(C)NCc2cccc(Cl)c2)nn1-c1cccc(Cl)c1.